The topological polar surface area (TPSA) is 45.2 Å². The fraction of sp³-hybridized carbons (Fsp3) is 0.182. The quantitative estimate of drug-likeness (QED) is 0.772. The van der Waals surface area contributed by atoms with E-state index in [-0.39, 0.29) is 5.91 Å². The van der Waals surface area contributed by atoms with E-state index in [1.54, 1.807) is 6.20 Å². The number of anilines is 2. The molecule has 0 saturated heterocycles. The molecule has 1 amide bonds. The summed E-state index contributed by atoms with van der Waals surface area (Å²) in [7, 11) is 0. The van der Waals surface area contributed by atoms with E-state index in [1.165, 1.54) is 16.7 Å². The van der Waals surface area contributed by atoms with Gasteiger partial charge in [0.1, 0.15) is 5.69 Å². The smallest absolute Gasteiger partial charge is 0.276 e. The average Bonchev–Trinajstić information content (AvgIpc) is 3.11. The van der Waals surface area contributed by atoms with Gasteiger partial charge in [-0.25, -0.2) is 0 Å². The van der Waals surface area contributed by atoms with Gasteiger partial charge in [0.25, 0.3) is 5.91 Å². The van der Waals surface area contributed by atoms with Gasteiger partial charge < -0.3 is 10.2 Å². The highest BCUT2D eigenvalue weighted by atomic mass is 16.2. The lowest BCUT2D eigenvalue weighted by atomic mass is 10.1. The molecule has 0 bridgehead atoms. The first-order chi connectivity index (χ1) is 12.7. The van der Waals surface area contributed by atoms with Crippen LogP contribution in [0.1, 0.15) is 27.2 Å². The fourth-order valence-electron chi connectivity index (χ4n) is 3.35. The summed E-state index contributed by atoms with van der Waals surface area (Å²) in [6, 6.07) is 20.1. The Bertz CT molecular complexity index is 951. The van der Waals surface area contributed by atoms with Crippen LogP contribution in [-0.4, -0.2) is 17.4 Å². The standard InChI is InChI=1S/C22H21N3O/c1-16-6-2-3-8-18(16)15-24-19-10-12-23-20(14-19)22(26)25-13-11-17-7-4-5-9-21(17)25/h2-10,12,14H,11,13,15H2,1H3,(H,23,24). The molecular formula is C22H21N3O. The maximum absolute atomic E-state index is 12.9. The van der Waals surface area contributed by atoms with Crippen molar-refractivity contribution in [2.45, 2.75) is 19.9 Å². The van der Waals surface area contributed by atoms with Gasteiger partial charge >= 0.3 is 0 Å². The molecule has 0 radical (unpaired) electrons. The van der Waals surface area contributed by atoms with Crippen LogP contribution in [0.2, 0.25) is 0 Å². The van der Waals surface area contributed by atoms with Crippen molar-refractivity contribution < 1.29 is 4.79 Å². The molecule has 26 heavy (non-hydrogen) atoms. The van der Waals surface area contributed by atoms with Gasteiger partial charge in [-0.1, -0.05) is 42.5 Å². The number of fused-ring (bicyclic) bond motifs is 1. The van der Waals surface area contributed by atoms with Gasteiger partial charge in [-0.15, -0.1) is 0 Å². The van der Waals surface area contributed by atoms with Crippen molar-refractivity contribution >= 4 is 17.3 Å². The Morgan fingerprint density at radius 1 is 1.12 bits per heavy atom. The maximum Gasteiger partial charge on any atom is 0.276 e. The van der Waals surface area contributed by atoms with Gasteiger partial charge in [0.05, 0.1) is 0 Å². The molecule has 0 aliphatic carbocycles. The predicted octanol–water partition coefficient (Wildman–Crippen LogP) is 4.21. The highest BCUT2D eigenvalue weighted by Gasteiger charge is 2.25. The van der Waals surface area contributed by atoms with Crippen molar-refractivity contribution in [3.63, 3.8) is 0 Å². The summed E-state index contributed by atoms with van der Waals surface area (Å²) in [4.78, 5) is 19.0. The van der Waals surface area contributed by atoms with Crippen LogP contribution in [-0.2, 0) is 13.0 Å². The number of nitrogens with one attached hydrogen (secondary N) is 1. The van der Waals surface area contributed by atoms with Gasteiger partial charge in [0, 0.05) is 30.7 Å². The predicted molar refractivity (Wildman–Crippen MR) is 105 cm³/mol. The number of aromatic nitrogens is 1. The van der Waals surface area contributed by atoms with Crippen LogP contribution in [0, 0.1) is 6.92 Å². The number of carbonyl (C=O) groups is 1. The molecule has 1 N–H and O–H groups in total. The first kappa shape index (κ1) is 16.3. The highest BCUT2D eigenvalue weighted by Crippen LogP contribution is 2.28. The molecule has 2 aromatic carbocycles. The third-order valence-electron chi connectivity index (χ3n) is 4.86. The zero-order valence-electron chi connectivity index (χ0n) is 14.8. The lowest BCUT2D eigenvalue weighted by Crippen LogP contribution is -2.29. The van der Waals surface area contributed by atoms with Crippen molar-refractivity contribution in [2.75, 3.05) is 16.8 Å². The molecule has 130 valence electrons. The molecule has 4 heteroatoms. The van der Waals surface area contributed by atoms with Crippen LogP contribution < -0.4 is 10.2 Å². The minimum absolute atomic E-state index is 0.0468. The van der Waals surface area contributed by atoms with Crippen molar-refractivity contribution in [1.29, 1.82) is 0 Å². The third kappa shape index (κ3) is 3.18. The van der Waals surface area contributed by atoms with E-state index in [9.17, 15) is 4.79 Å². The Labute approximate surface area is 153 Å². The molecule has 0 saturated carbocycles. The summed E-state index contributed by atoms with van der Waals surface area (Å²) < 4.78 is 0. The number of hydrogen-bond donors (Lipinski definition) is 1. The average molecular weight is 343 g/mol. The Hall–Kier alpha value is -3.14. The van der Waals surface area contributed by atoms with Crippen molar-refractivity contribution in [3.05, 3.63) is 89.2 Å². The molecule has 4 rings (SSSR count). The Kier molecular flexibility index (Phi) is 4.40. The summed E-state index contributed by atoms with van der Waals surface area (Å²) in [6.45, 7) is 3.53. The van der Waals surface area contributed by atoms with E-state index in [4.69, 9.17) is 0 Å². The van der Waals surface area contributed by atoms with Gasteiger partial charge in [-0.2, -0.15) is 0 Å². The summed E-state index contributed by atoms with van der Waals surface area (Å²) in [5.41, 5.74) is 6.08. The zero-order valence-corrected chi connectivity index (χ0v) is 14.8. The number of benzene rings is 2. The Morgan fingerprint density at radius 2 is 1.92 bits per heavy atom. The SMILES string of the molecule is Cc1ccccc1CNc1ccnc(C(=O)N2CCc3ccccc32)c1. The van der Waals surface area contributed by atoms with Crippen molar-refractivity contribution in [3.8, 4) is 0 Å². The minimum Gasteiger partial charge on any atom is -0.381 e. The summed E-state index contributed by atoms with van der Waals surface area (Å²) in [5, 5.41) is 3.40. The molecule has 1 aromatic heterocycles. The summed E-state index contributed by atoms with van der Waals surface area (Å²) >= 11 is 0. The third-order valence-corrected chi connectivity index (χ3v) is 4.86. The number of pyridine rings is 1. The zero-order chi connectivity index (χ0) is 17.9. The second kappa shape index (κ2) is 7.00. The first-order valence-electron chi connectivity index (χ1n) is 8.86. The van der Waals surface area contributed by atoms with Gasteiger partial charge in [0.15, 0.2) is 0 Å². The van der Waals surface area contributed by atoms with Crippen molar-refractivity contribution in [2.24, 2.45) is 0 Å². The van der Waals surface area contributed by atoms with Crippen LogP contribution in [0.5, 0.6) is 0 Å². The second-order valence-corrected chi connectivity index (χ2v) is 6.55. The number of para-hydroxylation sites is 1. The molecule has 0 spiro atoms. The Morgan fingerprint density at radius 3 is 2.81 bits per heavy atom. The number of amides is 1. The lowest BCUT2D eigenvalue weighted by molar-refractivity contribution is 0.0984. The minimum atomic E-state index is -0.0468. The molecule has 2 heterocycles. The number of nitrogens with zero attached hydrogens (tertiary/aromatic N) is 2. The molecule has 0 unspecified atom stereocenters. The fourth-order valence-corrected chi connectivity index (χ4v) is 3.35. The summed E-state index contributed by atoms with van der Waals surface area (Å²) in [5.74, 6) is -0.0468. The van der Waals surface area contributed by atoms with Crippen LogP contribution >= 0.6 is 0 Å². The van der Waals surface area contributed by atoms with E-state index < -0.39 is 0 Å². The molecule has 4 nitrogen and oxygen atoms in total. The van der Waals surface area contributed by atoms with Gasteiger partial charge in [-0.05, 0) is 48.2 Å². The number of aryl methyl sites for hydroxylation is 1. The largest absolute Gasteiger partial charge is 0.381 e. The monoisotopic (exact) mass is 343 g/mol. The first-order valence-corrected chi connectivity index (χ1v) is 8.86. The molecule has 1 aliphatic rings. The van der Waals surface area contributed by atoms with Crippen LogP contribution in [0.3, 0.4) is 0 Å². The maximum atomic E-state index is 12.9. The van der Waals surface area contributed by atoms with E-state index >= 15 is 0 Å². The van der Waals surface area contributed by atoms with E-state index in [0.29, 0.717) is 12.2 Å². The van der Waals surface area contributed by atoms with E-state index in [0.717, 1.165) is 24.3 Å². The van der Waals surface area contributed by atoms with E-state index in [2.05, 4.69) is 35.4 Å². The molecule has 1 aliphatic heterocycles. The van der Waals surface area contributed by atoms with E-state index in [1.807, 2.05) is 47.4 Å². The Balaban J connectivity index is 1.51. The molecular weight excluding hydrogens is 322 g/mol. The molecule has 3 aromatic rings. The van der Waals surface area contributed by atoms with Crippen LogP contribution in [0.25, 0.3) is 0 Å². The number of rotatable bonds is 4. The molecule has 0 atom stereocenters. The lowest BCUT2D eigenvalue weighted by Gasteiger charge is -2.17. The second-order valence-electron chi connectivity index (χ2n) is 6.55. The number of carbonyl (C=O) groups excluding carboxylic acids is 1. The highest BCUT2D eigenvalue weighted by molar-refractivity contribution is 6.06. The normalized spacial score (nSPS) is 12.7. The van der Waals surface area contributed by atoms with Gasteiger partial charge in [0.2, 0.25) is 0 Å². The van der Waals surface area contributed by atoms with Crippen LogP contribution in [0.15, 0.2) is 66.9 Å². The van der Waals surface area contributed by atoms with Crippen molar-refractivity contribution in [1.82, 2.24) is 4.98 Å². The van der Waals surface area contributed by atoms with Gasteiger partial charge in [-0.3, -0.25) is 9.78 Å². The van der Waals surface area contributed by atoms with Crippen LogP contribution in [0.4, 0.5) is 11.4 Å². The summed E-state index contributed by atoms with van der Waals surface area (Å²) in [6.07, 6.45) is 2.59. The number of hydrogen-bond acceptors (Lipinski definition) is 3. The molecule has 0 fully saturated rings.